The fraction of sp³-hybridized carbons (Fsp3) is 0.786. The number of hydrogen-bond donors (Lipinski definition) is 0. The van der Waals surface area contributed by atoms with Gasteiger partial charge in [-0.3, -0.25) is 4.79 Å². The van der Waals surface area contributed by atoms with E-state index in [9.17, 15) is 14.4 Å². The van der Waals surface area contributed by atoms with Gasteiger partial charge in [-0.15, -0.1) is 0 Å². The smallest absolute Gasteiger partial charge is 0.417 e. The maximum Gasteiger partial charge on any atom is 0.417 e. The highest BCUT2D eigenvalue weighted by molar-refractivity contribution is 6.04. The summed E-state index contributed by atoms with van der Waals surface area (Å²) in [6, 6.07) is -0.873. The van der Waals surface area contributed by atoms with E-state index >= 15 is 0 Å². The van der Waals surface area contributed by atoms with E-state index in [-0.39, 0.29) is 23.2 Å². The lowest BCUT2D eigenvalue weighted by molar-refractivity contribution is -0.151. The van der Waals surface area contributed by atoms with Gasteiger partial charge in [0.2, 0.25) is 5.91 Å². The average Bonchev–Trinajstić information content (AvgIpc) is 2.67. The van der Waals surface area contributed by atoms with Crippen molar-refractivity contribution >= 4 is 18.0 Å². The molecule has 3 atom stereocenters. The summed E-state index contributed by atoms with van der Waals surface area (Å²) in [4.78, 5) is 37.4. The lowest BCUT2D eigenvalue weighted by atomic mass is 10.0. The Morgan fingerprint density at radius 2 is 1.80 bits per heavy atom. The Labute approximate surface area is 118 Å². The van der Waals surface area contributed by atoms with Crippen molar-refractivity contribution in [2.75, 3.05) is 7.11 Å². The number of fused-ring (bicyclic) bond motifs is 1. The second-order valence-corrected chi connectivity index (χ2v) is 6.98. The van der Waals surface area contributed by atoms with Gasteiger partial charge in [-0.2, -0.15) is 0 Å². The molecule has 6 heteroatoms. The molecule has 0 bridgehead atoms. The number of likely N-dealkylation sites (tertiary alicyclic amines) is 1. The number of amides is 2. The molecule has 0 aromatic carbocycles. The van der Waals surface area contributed by atoms with Crippen molar-refractivity contribution in [3.63, 3.8) is 0 Å². The predicted molar refractivity (Wildman–Crippen MR) is 69.6 cm³/mol. The van der Waals surface area contributed by atoms with E-state index in [1.807, 2.05) is 13.8 Å². The van der Waals surface area contributed by atoms with E-state index in [2.05, 4.69) is 0 Å². The van der Waals surface area contributed by atoms with Crippen LogP contribution in [0.2, 0.25) is 0 Å². The maximum atomic E-state index is 12.3. The molecule has 2 fully saturated rings. The van der Waals surface area contributed by atoms with Crippen LogP contribution >= 0.6 is 0 Å². The number of carbonyl (C=O) groups is 3. The molecule has 0 unspecified atom stereocenters. The number of esters is 1. The van der Waals surface area contributed by atoms with Crippen molar-refractivity contribution in [1.29, 1.82) is 0 Å². The highest BCUT2D eigenvalue weighted by atomic mass is 16.6. The molecule has 0 aromatic rings. The molecular weight excluding hydrogens is 262 g/mol. The number of nitrogens with zero attached hydrogens (tertiary/aromatic N) is 1. The van der Waals surface area contributed by atoms with E-state index in [1.54, 1.807) is 20.8 Å². The third-order valence-electron chi connectivity index (χ3n) is 4.07. The Balaban J connectivity index is 2.27. The van der Waals surface area contributed by atoms with E-state index in [0.717, 1.165) is 4.90 Å². The van der Waals surface area contributed by atoms with Crippen LogP contribution in [-0.4, -0.2) is 41.6 Å². The van der Waals surface area contributed by atoms with Crippen LogP contribution in [0.4, 0.5) is 4.79 Å². The van der Waals surface area contributed by atoms with Gasteiger partial charge in [0.25, 0.3) is 0 Å². The van der Waals surface area contributed by atoms with Gasteiger partial charge >= 0.3 is 12.1 Å². The molecule has 0 aromatic heterocycles. The van der Waals surface area contributed by atoms with Gasteiger partial charge < -0.3 is 9.47 Å². The third-order valence-corrected chi connectivity index (χ3v) is 4.07. The van der Waals surface area contributed by atoms with Crippen molar-refractivity contribution in [2.24, 2.45) is 17.3 Å². The van der Waals surface area contributed by atoms with Crippen molar-refractivity contribution < 1.29 is 23.9 Å². The van der Waals surface area contributed by atoms with Gasteiger partial charge in [0, 0.05) is 5.92 Å². The minimum Gasteiger partial charge on any atom is -0.467 e. The van der Waals surface area contributed by atoms with Crippen molar-refractivity contribution in [1.82, 2.24) is 4.90 Å². The molecule has 2 aliphatic rings. The monoisotopic (exact) mass is 283 g/mol. The lowest BCUT2D eigenvalue weighted by Gasteiger charge is -2.29. The Kier molecular flexibility index (Phi) is 3.11. The minimum absolute atomic E-state index is 0.185. The summed E-state index contributed by atoms with van der Waals surface area (Å²) in [6.07, 6.45) is -0.777. The fourth-order valence-corrected chi connectivity index (χ4v) is 3.07. The second kappa shape index (κ2) is 4.20. The Hall–Kier alpha value is -1.59. The molecule has 1 heterocycles. The van der Waals surface area contributed by atoms with E-state index in [1.165, 1.54) is 7.11 Å². The Bertz CT molecular complexity index is 476. The first kappa shape index (κ1) is 14.8. The number of imide groups is 1. The van der Waals surface area contributed by atoms with Gasteiger partial charge in [0.15, 0.2) is 0 Å². The first-order valence-electron chi connectivity index (χ1n) is 6.66. The summed E-state index contributed by atoms with van der Waals surface area (Å²) in [5, 5.41) is 0. The average molecular weight is 283 g/mol. The van der Waals surface area contributed by atoms with Crippen LogP contribution in [0.5, 0.6) is 0 Å². The highest BCUT2D eigenvalue weighted by Crippen LogP contribution is 2.65. The molecule has 2 amide bonds. The first-order valence-corrected chi connectivity index (χ1v) is 6.66. The molecule has 2 rings (SSSR count). The SMILES string of the molecule is COC(=O)[C@@H]1[C@@H]2[C@H](C(=O)N1C(=O)OC(C)(C)C)C2(C)C. The molecule has 0 spiro atoms. The number of ether oxygens (including phenoxy) is 2. The van der Waals surface area contributed by atoms with Gasteiger partial charge in [-0.05, 0) is 26.2 Å². The molecule has 1 saturated carbocycles. The molecule has 1 aliphatic heterocycles. The second-order valence-electron chi connectivity index (χ2n) is 6.98. The van der Waals surface area contributed by atoms with Crippen LogP contribution in [0.3, 0.4) is 0 Å². The van der Waals surface area contributed by atoms with Crippen molar-refractivity contribution in [2.45, 2.75) is 46.3 Å². The van der Waals surface area contributed by atoms with E-state index in [0.29, 0.717) is 0 Å². The molecule has 20 heavy (non-hydrogen) atoms. The topological polar surface area (TPSA) is 72.9 Å². The van der Waals surface area contributed by atoms with Crippen LogP contribution in [0, 0.1) is 17.3 Å². The zero-order chi connectivity index (χ0) is 15.5. The van der Waals surface area contributed by atoms with Gasteiger partial charge in [-0.25, -0.2) is 14.5 Å². The predicted octanol–water partition coefficient (Wildman–Crippen LogP) is 1.58. The van der Waals surface area contributed by atoms with Crippen LogP contribution < -0.4 is 0 Å². The highest BCUT2D eigenvalue weighted by Gasteiger charge is 2.75. The summed E-state index contributed by atoms with van der Waals surface area (Å²) in [7, 11) is 1.25. The molecule has 1 aliphatic carbocycles. The van der Waals surface area contributed by atoms with Crippen molar-refractivity contribution in [3.8, 4) is 0 Å². The number of carbonyl (C=O) groups excluding carboxylic acids is 3. The minimum atomic E-state index is -0.873. The standard InChI is InChI=1S/C14H21NO5/c1-13(2,3)20-12(18)15-9(11(17)19-6)7-8(10(15)16)14(7,4)5/h7-9H,1-6H3/t7-,8+,9-/m0/s1. The summed E-state index contributed by atoms with van der Waals surface area (Å²) in [5.74, 6) is -1.40. The fourth-order valence-electron chi connectivity index (χ4n) is 3.07. The molecule has 0 radical (unpaired) electrons. The largest absolute Gasteiger partial charge is 0.467 e. The molecule has 112 valence electrons. The lowest BCUT2D eigenvalue weighted by Crippen LogP contribution is -2.50. The van der Waals surface area contributed by atoms with E-state index < -0.39 is 23.7 Å². The summed E-state index contributed by atoms with van der Waals surface area (Å²) in [6.45, 7) is 8.97. The van der Waals surface area contributed by atoms with Gasteiger partial charge in [0.1, 0.15) is 11.6 Å². The van der Waals surface area contributed by atoms with Crippen LogP contribution in [0.25, 0.3) is 0 Å². The Morgan fingerprint density at radius 1 is 1.25 bits per heavy atom. The van der Waals surface area contributed by atoms with Crippen LogP contribution in [-0.2, 0) is 19.1 Å². The summed E-state index contributed by atoms with van der Waals surface area (Å²) in [5.41, 5.74) is -0.991. The Morgan fingerprint density at radius 3 is 2.25 bits per heavy atom. The van der Waals surface area contributed by atoms with Gasteiger partial charge in [-0.1, -0.05) is 13.8 Å². The van der Waals surface area contributed by atoms with Gasteiger partial charge in [0.05, 0.1) is 13.0 Å². The number of hydrogen-bond acceptors (Lipinski definition) is 5. The van der Waals surface area contributed by atoms with Crippen LogP contribution in [0.15, 0.2) is 0 Å². The molecule has 1 saturated heterocycles. The van der Waals surface area contributed by atoms with Crippen LogP contribution in [0.1, 0.15) is 34.6 Å². The molecule has 0 N–H and O–H groups in total. The number of rotatable bonds is 1. The van der Waals surface area contributed by atoms with Crippen molar-refractivity contribution in [3.05, 3.63) is 0 Å². The first-order chi connectivity index (χ1) is 9.02. The zero-order valence-corrected chi connectivity index (χ0v) is 12.7. The quantitative estimate of drug-likeness (QED) is 0.683. The summed E-state index contributed by atoms with van der Waals surface area (Å²) >= 11 is 0. The third kappa shape index (κ3) is 2.07. The number of piperidine rings is 1. The summed E-state index contributed by atoms with van der Waals surface area (Å²) < 4.78 is 9.96. The molecule has 6 nitrogen and oxygen atoms in total. The zero-order valence-electron chi connectivity index (χ0n) is 12.7. The van der Waals surface area contributed by atoms with E-state index in [4.69, 9.17) is 9.47 Å². The molecular formula is C14H21NO5. The number of methoxy groups -OCH3 is 1. The maximum absolute atomic E-state index is 12.3. The normalized spacial score (nSPS) is 30.8.